The topological polar surface area (TPSA) is 72.2 Å². The van der Waals surface area contributed by atoms with Crippen LogP contribution in [0.4, 0.5) is 5.69 Å². The van der Waals surface area contributed by atoms with Crippen LogP contribution in [0, 0.1) is 6.92 Å². The number of aryl methyl sites for hydroxylation is 1. The third-order valence-corrected chi connectivity index (χ3v) is 2.41. The molecule has 4 nitrogen and oxygen atoms in total. The van der Waals surface area contributed by atoms with Crippen molar-refractivity contribution in [2.45, 2.75) is 13.5 Å². The van der Waals surface area contributed by atoms with Gasteiger partial charge in [-0.2, -0.15) is 0 Å². The Morgan fingerprint density at radius 1 is 1.43 bits per heavy atom. The molecule has 0 spiro atoms. The second kappa shape index (κ2) is 3.98. The van der Waals surface area contributed by atoms with Crippen LogP contribution < -0.4 is 10.5 Å². The first kappa shape index (κ1) is 11.0. The number of benzene rings is 1. The van der Waals surface area contributed by atoms with Gasteiger partial charge >= 0.3 is 0 Å². The molecule has 0 atom stereocenters. The van der Waals surface area contributed by atoms with E-state index in [1.165, 1.54) is 0 Å². The molecule has 78 valence electrons. The van der Waals surface area contributed by atoms with Gasteiger partial charge in [-0.1, -0.05) is 12.1 Å². The summed E-state index contributed by atoms with van der Waals surface area (Å²) in [5, 5.41) is 0. The number of nitrogens with one attached hydrogen (secondary N) is 1. The fraction of sp³-hybridized carbons (Fsp3) is 0.333. The van der Waals surface area contributed by atoms with Gasteiger partial charge in [-0.25, -0.2) is 8.42 Å². The molecule has 0 amide bonds. The van der Waals surface area contributed by atoms with Crippen molar-refractivity contribution in [3.8, 4) is 0 Å². The molecule has 5 heteroatoms. The van der Waals surface area contributed by atoms with Crippen LogP contribution in [0.15, 0.2) is 18.2 Å². The first-order valence-electron chi connectivity index (χ1n) is 4.20. The monoisotopic (exact) mass is 214 g/mol. The highest BCUT2D eigenvalue weighted by Crippen LogP contribution is 2.17. The summed E-state index contributed by atoms with van der Waals surface area (Å²) in [4.78, 5) is 0. The summed E-state index contributed by atoms with van der Waals surface area (Å²) in [6.07, 6.45) is 1.13. The summed E-state index contributed by atoms with van der Waals surface area (Å²) >= 11 is 0. The molecule has 14 heavy (non-hydrogen) atoms. The molecule has 0 saturated carbocycles. The molecular formula is C9H14N2O2S. The minimum atomic E-state index is -3.20. The van der Waals surface area contributed by atoms with E-state index >= 15 is 0 Å². The van der Waals surface area contributed by atoms with Crippen molar-refractivity contribution in [1.82, 2.24) is 0 Å². The molecule has 0 fully saturated rings. The lowest BCUT2D eigenvalue weighted by atomic mass is 10.1. The Kier molecular flexibility index (Phi) is 3.13. The zero-order valence-corrected chi connectivity index (χ0v) is 9.06. The van der Waals surface area contributed by atoms with Gasteiger partial charge < -0.3 is 5.73 Å². The highest BCUT2D eigenvalue weighted by Gasteiger charge is 2.04. The maximum absolute atomic E-state index is 11.0. The molecule has 0 aromatic heterocycles. The number of anilines is 1. The van der Waals surface area contributed by atoms with Gasteiger partial charge in [-0.05, 0) is 24.1 Å². The molecule has 0 aliphatic heterocycles. The van der Waals surface area contributed by atoms with E-state index in [0.29, 0.717) is 12.2 Å². The number of nitrogens with two attached hydrogens (primary N) is 1. The third-order valence-electron chi connectivity index (χ3n) is 1.82. The lowest BCUT2D eigenvalue weighted by Gasteiger charge is -2.08. The predicted octanol–water partition coefficient (Wildman–Crippen LogP) is 0.825. The van der Waals surface area contributed by atoms with Crippen molar-refractivity contribution in [1.29, 1.82) is 0 Å². The van der Waals surface area contributed by atoms with Gasteiger partial charge in [0.05, 0.1) is 11.9 Å². The van der Waals surface area contributed by atoms with Crippen LogP contribution in [0.5, 0.6) is 0 Å². The van der Waals surface area contributed by atoms with Crippen molar-refractivity contribution in [3.05, 3.63) is 29.3 Å². The third kappa shape index (κ3) is 3.01. The molecule has 0 aliphatic rings. The van der Waals surface area contributed by atoms with Gasteiger partial charge in [0, 0.05) is 6.54 Å². The van der Waals surface area contributed by atoms with E-state index in [1.807, 2.05) is 13.0 Å². The largest absolute Gasteiger partial charge is 0.326 e. The Morgan fingerprint density at radius 3 is 2.50 bits per heavy atom. The fourth-order valence-electron chi connectivity index (χ4n) is 1.17. The van der Waals surface area contributed by atoms with Crippen LogP contribution in [-0.4, -0.2) is 14.7 Å². The zero-order valence-electron chi connectivity index (χ0n) is 8.24. The van der Waals surface area contributed by atoms with E-state index < -0.39 is 10.0 Å². The van der Waals surface area contributed by atoms with Crippen LogP contribution in [0.3, 0.4) is 0 Å². The summed E-state index contributed by atoms with van der Waals surface area (Å²) in [6, 6.07) is 5.40. The van der Waals surface area contributed by atoms with E-state index in [4.69, 9.17) is 5.73 Å². The molecule has 0 heterocycles. The summed E-state index contributed by atoms with van der Waals surface area (Å²) in [6.45, 7) is 2.30. The first-order chi connectivity index (χ1) is 6.42. The average molecular weight is 214 g/mol. The normalized spacial score (nSPS) is 11.4. The molecule has 0 radical (unpaired) electrons. The highest BCUT2D eigenvalue weighted by molar-refractivity contribution is 7.92. The minimum absolute atomic E-state index is 0.458. The van der Waals surface area contributed by atoms with Crippen LogP contribution in [-0.2, 0) is 16.6 Å². The first-order valence-corrected chi connectivity index (χ1v) is 6.09. The van der Waals surface area contributed by atoms with Crippen LogP contribution >= 0.6 is 0 Å². The van der Waals surface area contributed by atoms with E-state index in [-0.39, 0.29) is 0 Å². The smallest absolute Gasteiger partial charge is 0.229 e. The van der Waals surface area contributed by atoms with Crippen molar-refractivity contribution in [3.63, 3.8) is 0 Å². The van der Waals surface area contributed by atoms with E-state index in [0.717, 1.165) is 17.4 Å². The van der Waals surface area contributed by atoms with Crippen molar-refractivity contribution in [2.75, 3.05) is 11.0 Å². The van der Waals surface area contributed by atoms with Gasteiger partial charge in [0.1, 0.15) is 0 Å². The molecule has 3 N–H and O–H groups in total. The van der Waals surface area contributed by atoms with Crippen LogP contribution in [0.1, 0.15) is 11.1 Å². The summed E-state index contributed by atoms with van der Waals surface area (Å²) in [7, 11) is -3.20. The molecular weight excluding hydrogens is 200 g/mol. The van der Waals surface area contributed by atoms with Gasteiger partial charge in [0.15, 0.2) is 0 Å². The fourth-order valence-corrected chi connectivity index (χ4v) is 1.80. The Morgan fingerprint density at radius 2 is 2.07 bits per heavy atom. The molecule has 1 aromatic rings. The molecule has 0 unspecified atom stereocenters. The molecule has 0 aliphatic carbocycles. The standard InChI is InChI=1S/C9H14N2O2S/c1-7-5-8(6-10)3-4-9(7)11-14(2,12)13/h3-5,11H,6,10H2,1-2H3. The predicted molar refractivity (Wildman–Crippen MR) is 57.5 cm³/mol. The highest BCUT2D eigenvalue weighted by atomic mass is 32.2. The van der Waals surface area contributed by atoms with Crippen molar-refractivity contribution >= 4 is 15.7 Å². The SMILES string of the molecule is Cc1cc(CN)ccc1NS(C)(=O)=O. The van der Waals surface area contributed by atoms with Crippen LogP contribution in [0.2, 0.25) is 0 Å². The maximum atomic E-state index is 11.0. The van der Waals surface area contributed by atoms with E-state index in [2.05, 4.69) is 4.72 Å². The molecule has 1 aromatic carbocycles. The Bertz CT molecular complexity index is 426. The summed E-state index contributed by atoms with van der Waals surface area (Å²) in [5.41, 5.74) is 7.92. The maximum Gasteiger partial charge on any atom is 0.229 e. The number of hydrogen-bond donors (Lipinski definition) is 2. The quantitative estimate of drug-likeness (QED) is 0.782. The van der Waals surface area contributed by atoms with Gasteiger partial charge in [-0.3, -0.25) is 4.72 Å². The van der Waals surface area contributed by atoms with Crippen molar-refractivity contribution < 1.29 is 8.42 Å². The zero-order chi connectivity index (χ0) is 10.8. The van der Waals surface area contributed by atoms with Gasteiger partial charge in [-0.15, -0.1) is 0 Å². The number of hydrogen-bond acceptors (Lipinski definition) is 3. The molecule has 1 rings (SSSR count). The van der Waals surface area contributed by atoms with Crippen molar-refractivity contribution in [2.24, 2.45) is 5.73 Å². The second-order valence-corrected chi connectivity index (χ2v) is 4.98. The van der Waals surface area contributed by atoms with Crippen LogP contribution in [0.25, 0.3) is 0 Å². The summed E-state index contributed by atoms with van der Waals surface area (Å²) in [5.74, 6) is 0. The Labute approximate surface area is 84.2 Å². The van der Waals surface area contributed by atoms with Gasteiger partial charge in [0.2, 0.25) is 10.0 Å². The lowest BCUT2D eigenvalue weighted by molar-refractivity contribution is 0.607. The van der Waals surface area contributed by atoms with Gasteiger partial charge in [0.25, 0.3) is 0 Å². The summed E-state index contributed by atoms with van der Waals surface area (Å²) < 4.78 is 24.4. The number of sulfonamides is 1. The Balaban J connectivity index is 3.01. The molecule has 0 saturated heterocycles. The number of rotatable bonds is 3. The Hall–Kier alpha value is -1.07. The minimum Gasteiger partial charge on any atom is -0.326 e. The lowest BCUT2D eigenvalue weighted by Crippen LogP contribution is -2.10. The molecule has 0 bridgehead atoms. The second-order valence-electron chi connectivity index (χ2n) is 3.23. The van der Waals surface area contributed by atoms with E-state index in [1.54, 1.807) is 12.1 Å². The van der Waals surface area contributed by atoms with E-state index in [9.17, 15) is 8.42 Å². The average Bonchev–Trinajstić information content (AvgIpc) is 2.06.